The molecule has 0 heterocycles. The number of Topliss-reactive ketones (excluding diaryl/α,β-unsaturated/α-hetero) is 1. The van der Waals surface area contributed by atoms with Crippen molar-refractivity contribution in [3.8, 4) is 0 Å². The molecule has 4 fully saturated rings. The molecule has 0 aliphatic heterocycles. The van der Waals surface area contributed by atoms with Crippen molar-refractivity contribution in [3.05, 3.63) is 11.6 Å². The summed E-state index contributed by atoms with van der Waals surface area (Å²) in [6.07, 6.45) is 12.9. The van der Waals surface area contributed by atoms with Crippen LogP contribution >= 0.6 is 0 Å². The molecule has 0 unspecified atom stereocenters. The third kappa shape index (κ3) is 2.80. The molecule has 184 valence electrons. The fourth-order valence-corrected chi connectivity index (χ4v) is 10.3. The third-order valence-electron chi connectivity index (χ3n) is 13.1. The summed E-state index contributed by atoms with van der Waals surface area (Å²) >= 11 is 0. The Morgan fingerprint density at radius 3 is 2.24 bits per heavy atom. The Kier molecular flexibility index (Phi) is 4.83. The van der Waals surface area contributed by atoms with Crippen molar-refractivity contribution in [1.82, 2.24) is 0 Å². The van der Waals surface area contributed by atoms with Gasteiger partial charge in [0.25, 0.3) is 0 Å². The van der Waals surface area contributed by atoms with Gasteiger partial charge in [0.05, 0.1) is 5.41 Å². The first-order chi connectivity index (χ1) is 15.1. The number of hydrogen-bond donors (Lipinski definition) is 1. The minimum Gasteiger partial charge on any atom is -0.481 e. The average molecular weight is 455 g/mol. The predicted molar refractivity (Wildman–Crippen MR) is 132 cm³/mol. The Bertz CT molecular complexity index is 931. The highest BCUT2D eigenvalue weighted by Crippen LogP contribution is 2.75. The minimum absolute atomic E-state index is 0.135. The number of carboxylic acids is 1. The van der Waals surface area contributed by atoms with Crippen LogP contribution in [0.15, 0.2) is 11.6 Å². The molecule has 1 N–H and O–H groups in total. The maximum atomic E-state index is 12.9. The zero-order chi connectivity index (χ0) is 24.2. The second-order valence-electron chi connectivity index (χ2n) is 14.7. The molecule has 3 nitrogen and oxygen atoms in total. The molecule has 5 aliphatic carbocycles. The SMILES string of the molecule is CC1(C)C(=O)CC[C@]2(C)[C@H]3CC[C@@]4(C)[C@@H]5C[C@](C)(C(=O)O)CC[C@]5(C)CC[C@]4(C)C3=CC[C@@H]12. The molecule has 0 amide bonds. The van der Waals surface area contributed by atoms with Crippen LogP contribution in [0.25, 0.3) is 0 Å². The van der Waals surface area contributed by atoms with Gasteiger partial charge in [-0.2, -0.15) is 0 Å². The van der Waals surface area contributed by atoms with E-state index in [0.717, 1.165) is 38.5 Å². The summed E-state index contributed by atoms with van der Waals surface area (Å²) in [7, 11) is 0. The van der Waals surface area contributed by atoms with Crippen molar-refractivity contribution in [2.45, 2.75) is 113 Å². The Labute approximate surface area is 201 Å². The van der Waals surface area contributed by atoms with Crippen LogP contribution in [0, 0.1) is 50.2 Å². The van der Waals surface area contributed by atoms with E-state index in [-0.39, 0.29) is 27.1 Å². The summed E-state index contributed by atoms with van der Waals surface area (Å²) in [6.45, 7) is 16.4. The van der Waals surface area contributed by atoms with E-state index in [4.69, 9.17) is 0 Å². The first kappa shape index (κ1) is 23.6. The molecule has 8 atom stereocenters. The summed E-state index contributed by atoms with van der Waals surface area (Å²) in [4.78, 5) is 25.1. The molecular formula is C30H46O3. The molecule has 0 aromatic carbocycles. The largest absolute Gasteiger partial charge is 0.481 e. The van der Waals surface area contributed by atoms with Crippen LogP contribution in [0.5, 0.6) is 0 Å². The summed E-state index contributed by atoms with van der Waals surface area (Å²) in [5, 5.41) is 10.1. The van der Waals surface area contributed by atoms with Crippen molar-refractivity contribution in [1.29, 1.82) is 0 Å². The number of carboxylic acid groups (broad SMARTS) is 1. The lowest BCUT2D eigenvalue weighted by Crippen LogP contribution is -2.63. The molecule has 0 radical (unpaired) electrons. The van der Waals surface area contributed by atoms with Gasteiger partial charge in [-0.3, -0.25) is 9.59 Å². The molecule has 5 aliphatic rings. The van der Waals surface area contributed by atoms with Crippen LogP contribution in [0.4, 0.5) is 0 Å². The molecule has 0 saturated heterocycles. The standard InChI is InChI=1S/C30H46O3/c1-25(2)21-9-8-20-19(28(21,5)12-11-23(25)31)10-13-30(7)22-18-27(4,24(32)33)15-14-26(22,3)16-17-29(20,30)6/h8,19,21-22H,9-18H2,1-7H3,(H,32,33)/t19-,21-,22+,26+,27+,28+,29+,30-/m0/s1. The van der Waals surface area contributed by atoms with Gasteiger partial charge in [0.15, 0.2) is 0 Å². The number of allylic oxidation sites excluding steroid dienone is 2. The van der Waals surface area contributed by atoms with E-state index in [2.05, 4.69) is 47.6 Å². The molecular weight excluding hydrogens is 408 g/mol. The van der Waals surface area contributed by atoms with Crippen molar-refractivity contribution >= 4 is 11.8 Å². The maximum absolute atomic E-state index is 12.9. The van der Waals surface area contributed by atoms with Crippen LogP contribution in [0.1, 0.15) is 113 Å². The van der Waals surface area contributed by atoms with Gasteiger partial charge in [0.1, 0.15) is 5.78 Å². The molecule has 5 rings (SSSR count). The Morgan fingerprint density at radius 1 is 0.909 bits per heavy atom. The molecule has 4 saturated carbocycles. The fraction of sp³-hybridized carbons (Fsp3) is 0.867. The Hall–Kier alpha value is -1.12. The van der Waals surface area contributed by atoms with Gasteiger partial charge >= 0.3 is 5.97 Å². The van der Waals surface area contributed by atoms with E-state index in [9.17, 15) is 14.7 Å². The van der Waals surface area contributed by atoms with Gasteiger partial charge in [-0.25, -0.2) is 0 Å². The summed E-state index contributed by atoms with van der Waals surface area (Å²) < 4.78 is 0. The van der Waals surface area contributed by atoms with Gasteiger partial charge in [-0.05, 0) is 104 Å². The quantitative estimate of drug-likeness (QED) is 0.419. The van der Waals surface area contributed by atoms with Gasteiger partial charge < -0.3 is 5.11 Å². The highest BCUT2D eigenvalue weighted by Gasteiger charge is 2.68. The zero-order valence-electron chi connectivity index (χ0n) is 22.1. The smallest absolute Gasteiger partial charge is 0.309 e. The van der Waals surface area contributed by atoms with Crippen LogP contribution in [0.3, 0.4) is 0 Å². The van der Waals surface area contributed by atoms with Crippen molar-refractivity contribution in [2.24, 2.45) is 50.2 Å². The number of carbonyl (C=O) groups excluding carboxylic acids is 1. The lowest BCUT2D eigenvalue weighted by Gasteiger charge is -2.70. The molecule has 3 heteroatoms. The normalized spacial score (nSPS) is 53.1. The van der Waals surface area contributed by atoms with E-state index in [1.807, 2.05) is 6.92 Å². The Morgan fingerprint density at radius 2 is 1.58 bits per heavy atom. The maximum Gasteiger partial charge on any atom is 0.309 e. The second-order valence-corrected chi connectivity index (χ2v) is 14.7. The topological polar surface area (TPSA) is 54.4 Å². The fourth-order valence-electron chi connectivity index (χ4n) is 10.3. The van der Waals surface area contributed by atoms with E-state index < -0.39 is 11.4 Å². The number of aliphatic carboxylic acids is 1. The summed E-state index contributed by atoms with van der Waals surface area (Å²) in [5.41, 5.74) is 1.61. The molecule has 0 aromatic heterocycles. The summed E-state index contributed by atoms with van der Waals surface area (Å²) in [5.74, 6) is 1.32. The van der Waals surface area contributed by atoms with Crippen molar-refractivity contribution in [2.75, 3.05) is 0 Å². The van der Waals surface area contributed by atoms with E-state index >= 15 is 0 Å². The van der Waals surface area contributed by atoms with Crippen molar-refractivity contribution < 1.29 is 14.7 Å². The Balaban J connectivity index is 1.57. The van der Waals surface area contributed by atoms with E-state index in [1.54, 1.807) is 5.57 Å². The van der Waals surface area contributed by atoms with E-state index in [1.165, 1.54) is 25.7 Å². The van der Waals surface area contributed by atoms with Crippen LogP contribution < -0.4 is 0 Å². The minimum atomic E-state index is -0.601. The number of hydrogen-bond acceptors (Lipinski definition) is 2. The number of carbonyl (C=O) groups is 2. The number of fused-ring (bicyclic) bond motifs is 7. The molecule has 33 heavy (non-hydrogen) atoms. The summed E-state index contributed by atoms with van der Waals surface area (Å²) in [6, 6.07) is 0. The van der Waals surface area contributed by atoms with Crippen LogP contribution in [-0.4, -0.2) is 16.9 Å². The first-order valence-electron chi connectivity index (χ1n) is 13.6. The number of ketones is 1. The third-order valence-corrected chi connectivity index (χ3v) is 13.1. The lowest BCUT2D eigenvalue weighted by atomic mass is 9.34. The zero-order valence-corrected chi connectivity index (χ0v) is 22.1. The highest BCUT2D eigenvalue weighted by molar-refractivity contribution is 5.85. The monoisotopic (exact) mass is 454 g/mol. The molecule has 0 spiro atoms. The van der Waals surface area contributed by atoms with Gasteiger partial charge in [-0.1, -0.05) is 53.2 Å². The van der Waals surface area contributed by atoms with Crippen LogP contribution in [-0.2, 0) is 9.59 Å². The van der Waals surface area contributed by atoms with Gasteiger partial charge in [0, 0.05) is 11.8 Å². The molecule has 0 aromatic rings. The lowest BCUT2D eigenvalue weighted by molar-refractivity contribution is -0.184. The van der Waals surface area contributed by atoms with Crippen molar-refractivity contribution in [3.63, 3.8) is 0 Å². The average Bonchev–Trinajstić information content (AvgIpc) is 2.74. The van der Waals surface area contributed by atoms with Crippen LogP contribution in [0.2, 0.25) is 0 Å². The van der Waals surface area contributed by atoms with E-state index in [0.29, 0.717) is 23.5 Å². The molecule has 0 bridgehead atoms. The van der Waals surface area contributed by atoms with Gasteiger partial charge in [0.2, 0.25) is 0 Å². The van der Waals surface area contributed by atoms with Gasteiger partial charge in [-0.15, -0.1) is 0 Å². The second kappa shape index (κ2) is 6.76. The first-order valence-corrected chi connectivity index (χ1v) is 13.6. The highest BCUT2D eigenvalue weighted by atomic mass is 16.4. The number of rotatable bonds is 1. The predicted octanol–water partition coefficient (Wildman–Crippen LogP) is 7.44.